The van der Waals surface area contributed by atoms with E-state index >= 15 is 0 Å². The number of ether oxygens (including phenoxy) is 1. The molecule has 2 aliphatic heterocycles. The molecule has 2 unspecified atom stereocenters. The van der Waals surface area contributed by atoms with Crippen molar-refractivity contribution in [1.29, 1.82) is 0 Å². The van der Waals surface area contributed by atoms with Gasteiger partial charge in [0.2, 0.25) is 10.0 Å². The van der Waals surface area contributed by atoms with E-state index in [-0.39, 0.29) is 10.8 Å². The zero-order chi connectivity index (χ0) is 22.7. The van der Waals surface area contributed by atoms with Crippen LogP contribution in [-0.2, 0) is 14.8 Å². The van der Waals surface area contributed by atoms with Gasteiger partial charge in [-0.1, -0.05) is 26.0 Å². The summed E-state index contributed by atoms with van der Waals surface area (Å²) in [5.41, 5.74) is 2.10. The molecule has 0 saturated carbocycles. The molecule has 2 aliphatic rings. The highest BCUT2D eigenvalue weighted by atomic mass is 32.2. The standard InChI is InChI=1S/C24H31N3O4S/c1-18-15-19(2)17-27(16-18)32(29,30)21-9-7-20(8-10-21)24(28)25-22-5-3-4-6-23(22)26-11-13-31-14-12-26/h3-10,18-19H,11-17H2,1-2H3,(H,25,28). The van der Waals surface area contributed by atoms with E-state index in [1.165, 1.54) is 12.1 Å². The van der Waals surface area contributed by atoms with Crippen LogP contribution in [0.4, 0.5) is 11.4 Å². The highest BCUT2D eigenvalue weighted by Gasteiger charge is 2.31. The van der Waals surface area contributed by atoms with Crippen LogP contribution < -0.4 is 10.2 Å². The first-order valence-corrected chi connectivity index (χ1v) is 12.6. The fourth-order valence-electron chi connectivity index (χ4n) is 4.58. The summed E-state index contributed by atoms with van der Waals surface area (Å²) in [6.45, 7) is 8.10. The van der Waals surface area contributed by atoms with Gasteiger partial charge in [0, 0.05) is 31.7 Å². The Hall–Kier alpha value is -2.42. The van der Waals surface area contributed by atoms with E-state index in [0.29, 0.717) is 43.7 Å². The number of anilines is 2. The van der Waals surface area contributed by atoms with Crippen LogP contribution in [0.5, 0.6) is 0 Å². The van der Waals surface area contributed by atoms with Crippen LogP contribution in [0.25, 0.3) is 0 Å². The molecule has 7 nitrogen and oxygen atoms in total. The molecule has 32 heavy (non-hydrogen) atoms. The molecule has 4 rings (SSSR count). The molecule has 2 fully saturated rings. The van der Waals surface area contributed by atoms with Crippen molar-refractivity contribution in [1.82, 2.24) is 4.31 Å². The number of nitrogens with zero attached hydrogens (tertiary/aromatic N) is 2. The zero-order valence-electron chi connectivity index (χ0n) is 18.7. The lowest BCUT2D eigenvalue weighted by atomic mass is 9.94. The molecule has 1 N–H and O–H groups in total. The van der Waals surface area contributed by atoms with Crippen LogP contribution in [-0.4, -0.2) is 58.0 Å². The molecular weight excluding hydrogens is 426 g/mol. The van der Waals surface area contributed by atoms with Crippen molar-refractivity contribution in [3.63, 3.8) is 0 Å². The molecule has 2 atom stereocenters. The number of sulfonamides is 1. The molecule has 2 saturated heterocycles. The summed E-state index contributed by atoms with van der Waals surface area (Å²) < 4.78 is 33.2. The summed E-state index contributed by atoms with van der Waals surface area (Å²) in [6.07, 6.45) is 1.04. The van der Waals surface area contributed by atoms with E-state index in [0.717, 1.165) is 30.9 Å². The van der Waals surface area contributed by atoms with Crippen molar-refractivity contribution < 1.29 is 17.9 Å². The molecule has 2 heterocycles. The molecule has 0 spiro atoms. The maximum absolute atomic E-state index is 13.1. The number of rotatable bonds is 5. The zero-order valence-corrected chi connectivity index (χ0v) is 19.5. The number of nitrogens with one attached hydrogen (secondary N) is 1. The Balaban J connectivity index is 1.48. The first-order valence-electron chi connectivity index (χ1n) is 11.2. The number of carbonyl (C=O) groups excluding carboxylic acids is 1. The predicted octanol–water partition coefficient (Wildman–Crippen LogP) is 3.44. The first kappa shape index (κ1) is 22.8. The Morgan fingerprint density at radius 3 is 2.25 bits per heavy atom. The largest absolute Gasteiger partial charge is 0.378 e. The van der Waals surface area contributed by atoms with Crippen LogP contribution in [0.3, 0.4) is 0 Å². The average Bonchev–Trinajstić information content (AvgIpc) is 2.79. The fraction of sp³-hybridized carbons (Fsp3) is 0.458. The lowest BCUT2D eigenvalue weighted by molar-refractivity contribution is 0.102. The van der Waals surface area contributed by atoms with Crippen molar-refractivity contribution in [2.24, 2.45) is 11.8 Å². The van der Waals surface area contributed by atoms with Gasteiger partial charge in [0.05, 0.1) is 29.5 Å². The average molecular weight is 458 g/mol. The third-order valence-corrected chi connectivity index (χ3v) is 7.94. The molecule has 0 radical (unpaired) electrons. The number of hydrogen-bond acceptors (Lipinski definition) is 5. The summed E-state index contributed by atoms with van der Waals surface area (Å²) in [7, 11) is -3.57. The number of benzene rings is 2. The molecular formula is C24H31N3O4S. The highest BCUT2D eigenvalue weighted by Crippen LogP contribution is 2.28. The Bertz CT molecular complexity index is 1040. The molecule has 172 valence electrons. The number of hydrogen-bond donors (Lipinski definition) is 1. The van der Waals surface area contributed by atoms with Gasteiger partial charge in [0.15, 0.2) is 0 Å². The van der Waals surface area contributed by atoms with Crippen molar-refractivity contribution in [3.8, 4) is 0 Å². The first-order chi connectivity index (χ1) is 15.3. The van der Waals surface area contributed by atoms with Gasteiger partial charge in [-0.05, 0) is 54.7 Å². The summed E-state index contributed by atoms with van der Waals surface area (Å²) in [4.78, 5) is 15.3. The number of morpholine rings is 1. The van der Waals surface area contributed by atoms with Crippen molar-refractivity contribution >= 4 is 27.3 Å². The molecule has 0 aromatic heterocycles. The SMILES string of the molecule is CC1CC(C)CN(S(=O)(=O)c2ccc(C(=O)Nc3ccccc3N3CCOCC3)cc2)C1. The Morgan fingerprint density at radius 2 is 1.59 bits per heavy atom. The lowest BCUT2D eigenvalue weighted by Crippen LogP contribution is -2.42. The molecule has 1 amide bonds. The van der Waals surface area contributed by atoms with Gasteiger partial charge in [-0.25, -0.2) is 8.42 Å². The maximum atomic E-state index is 13.1. The second-order valence-corrected chi connectivity index (χ2v) is 10.8. The number of piperidine rings is 1. The van der Waals surface area contributed by atoms with Crippen LogP contribution in [0.2, 0.25) is 0 Å². The number of amides is 1. The van der Waals surface area contributed by atoms with E-state index in [9.17, 15) is 13.2 Å². The summed E-state index contributed by atoms with van der Waals surface area (Å²) in [5, 5.41) is 2.98. The summed E-state index contributed by atoms with van der Waals surface area (Å²) in [5.74, 6) is 0.407. The van der Waals surface area contributed by atoms with Gasteiger partial charge in [-0.2, -0.15) is 4.31 Å². The topological polar surface area (TPSA) is 79.0 Å². The van der Waals surface area contributed by atoms with Gasteiger partial charge >= 0.3 is 0 Å². The van der Waals surface area contributed by atoms with Crippen molar-refractivity contribution in [3.05, 3.63) is 54.1 Å². The van der Waals surface area contributed by atoms with Crippen LogP contribution in [0, 0.1) is 11.8 Å². The summed E-state index contributed by atoms with van der Waals surface area (Å²) in [6, 6.07) is 13.9. The monoisotopic (exact) mass is 457 g/mol. The Labute approximate surface area is 190 Å². The van der Waals surface area contributed by atoms with Gasteiger partial charge in [0.25, 0.3) is 5.91 Å². The predicted molar refractivity (Wildman–Crippen MR) is 126 cm³/mol. The van der Waals surface area contributed by atoms with Gasteiger partial charge in [-0.3, -0.25) is 4.79 Å². The van der Waals surface area contributed by atoms with Crippen LogP contribution in [0.1, 0.15) is 30.6 Å². The van der Waals surface area contributed by atoms with Crippen molar-refractivity contribution in [2.45, 2.75) is 25.2 Å². The second kappa shape index (κ2) is 9.60. The molecule has 0 bridgehead atoms. The van der Waals surface area contributed by atoms with Gasteiger partial charge in [0.1, 0.15) is 0 Å². The maximum Gasteiger partial charge on any atom is 0.255 e. The van der Waals surface area contributed by atoms with Gasteiger partial charge < -0.3 is 15.0 Å². The summed E-state index contributed by atoms with van der Waals surface area (Å²) >= 11 is 0. The second-order valence-electron chi connectivity index (χ2n) is 8.86. The minimum Gasteiger partial charge on any atom is -0.378 e. The van der Waals surface area contributed by atoms with E-state index < -0.39 is 10.0 Å². The number of carbonyl (C=O) groups is 1. The van der Waals surface area contributed by atoms with E-state index in [2.05, 4.69) is 24.1 Å². The third kappa shape index (κ3) is 4.98. The lowest BCUT2D eigenvalue weighted by Gasteiger charge is -2.34. The minimum absolute atomic E-state index is 0.226. The Kier molecular flexibility index (Phi) is 6.83. The van der Waals surface area contributed by atoms with Crippen molar-refractivity contribution in [2.75, 3.05) is 49.6 Å². The number of para-hydroxylation sites is 2. The van der Waals surface area contributed by atoms with Gasteiger partial charge in [-0.15, -0.1) is 0 Å². The third-order valence-electron chi connectivity index (χ3n) is 6.09. The van der Waals surface area contributed by atoms with E-state index in [1.807, 2.05) is 24.3 Å². The quantitative estimate of drug-likeness (QED) is 0.744. The smallest absolute Gasteiger partial charge is 0.255 e. The Morgan fingerprint density at radius 1 is 0.969 bits per heavy atom. The van der Waals surface area contributed by atoms with Crippen LogP contribution >= 0.6 is 0 Å². The normalized spacial score (nSPS) is 22.5. The molecule has 2 aromatic carbocycles. The van der Waals surface area contributed by atoms with E-state index in [1.54, 1.807) is 16.4 Å². The molecule has 0 aliphatic carbocycles. The van der Waals surface area contributed by atoms with Crippen LogP contribution in [0.15, 0.2) is 53.4 Å². The minimum atomic E-state index is -3.57. The fourth-order valence-corrected chi connectivity index (χ4v) is 6.26. The highest BCUT2D eigenvalue weighted by molar-refractivity contribution is 7.89. The van der Waals surface area contributed by atoms with E-state index in [4.69, 9.17) is 4.74 Å². The molecule has 2 aromatic rings. The molecule has 8 heteroatoms.